The summed E-state index contributed by atoms with van der Waals surface area (Å²) in [5.74, 6) is 2.05. The van der Waals surface area contributed by atoms with E-state index in [0.29, 0.717) is 11.8 Å². The van der Waals surface area contributed by atoms with Crippen molar-refractivity contribution in [1.29, 1.82) is 0 Å². The lowest BCUT2D eigenvalue weighted by atomic mass is 9.96. The number of rotatable bonds is 6. The van der Waals surface area contributed by atoms with E-state index >= 15 is 0 Å². The predicted molar refractivity (Wildman–Crippen MR) is 143 cm³/mol. The zero-order valence-corrected chi connectivity index (χ0v) is 21.5. The Balaban J connectivity index is 1.21. The van der Waals surface area contributed by atoms with Gasteiger partial charge in [0.2, 0.25) is 5.91 Å². The fourth-order valence-corrected chi connectivity index (χ4v) is 5.89. The lowest BCUT2D eigenvalue weighted by Gasteiger charge is -2.40. The maximum absolute atomic E-state index is 13.5. The first-order valence-corrected chi connectivity index (χ1v) is 13.3. The summed E-state index contributed by atoms with van der Waals surface area (Å²) >= 11 is 0. The number of carbonyl (C=O) groups is 1. The molecule has 6 heteroatoms. The lowest BCUT2D eigenvalue weighted by molar-refractivity contribution is -0.137. The summed E-state index contributed by atoms with van der Waals surface area (Å²) in [6, 6.07) is 17.1. The van der Waals surface area contributed by atoms with E-state index in [1.807, 2.05) is 0 Å². The summed E-state index contributed by atoms with van der Waals surface area (Å²) in [5, 5.41) is 0. The summed E-state index contributed by atoms with van der Waals surface area (Å²) in [5.41, 5.74) is 4.99. The van der Waals surface area contributed by atoms with Gasteiger partial charge in [-0.15, -0.1) is 0 Å². The zero-order valence-electron chi connectivity index (χ0n) is 21.5. The molecule has 0 bridgehead atoms. The highest BCUT2D eigenvalue weighted by Crippen LogP contribution is 2.29. The van der Waals surface area contributed by atoms with Crippen LogP contribution in [0.25, 0.3) is 11.0 Å². The minimum atomic E-state index is 0.0951. The van der Waals surface area contributed by atoms with Gasteiger partial charge in [0.25, 0.3) is 0 Å². The molecule has 0 aliphatic carbocycles. The first-order valence-electron chi connectivity index (χ1n) is 13.3. The topological polar surface area (TPSA) is 44.6 Å². The Labute approximate surface area is 209 Å². The molecule has 2 saturated heterocycles. The molecule has 186 valence electrons. The Kier molecular flexibility index (Phi) is 7.09. The zero-order chi connectivity index (χ0) is 24.4. The average molecular weight is 474 g/mol. The van der Waals surface area contributed by atoms with E-state index in [2.05, 4.69) is 88.6 Å². The number of piperidine rings is 1. The Morgan fingerprint density at radius 3 is 2.51 bits per heavy atom. The first kappa shape index (κ1) is 23.9. The van der Waals surface area contributed by atoms with Crippen LogP contribution >= 0.6 is 0 Å². The van der Waals surface area contributed by atoms with E-state index in [1.54, 1.807) is 0 Å². The molecule has 0 radical (unpaired) electrons. The first-order chi connectivity index (χ1) is 17.0. The summed E-state index contributed by atoms with van der Waals surface area (Å²) in [6.07, 6.45) is 2.07. The SMILES string of the molecule is CCn1c(CN2CCC[C@@H](C(=O)N3CCN(c4ccccc4C(C)C)CC3)C2)nc2ccccc21. The highest BCUT2D eigenvalue weighted by molar-refractivity contribution is 5.79. The molecule has 1 atom stereocenters. The number of amides is 1. The number of fused-ring (bicyclic) bond motifs is 1. The van der Waals surface area contributed by atoms with E-state index in [9.17, 15) is 4.79 Å². The van der Waals surface area contributed by atoms with Crippen molar-refractivity contribution >= 4 is 22.6 Å². The molecule has 0 saturated carbocycles. The van der Waals surface area contributed by atoms with Gasteiger partial charge in [0.1, 0.15) is 5.82 Å². The Bertz CT molecular complexity index is 1160. The number of carbonyl (C=O) groups excluding carboxylic acids is 1. The third-order valence-electron chi connectivity index (χ3n) is 7.76. The van der Waals surface area contributed by atoms with Crippen LogP contribution in [0, 0.1) is 5.92 Å². The van der Waals surface area contributed by atoms with E-state index < -0.39 is 0 Å². The Morgan fingerprint density at radius 2 is 1.74 bits per heavy atom. The van der Waals surface area contributed by atoms with Gasteiger partial charge in [-0.25, -0.2) is 4.98 Å². The fraction of sp³-hybridized carbons (Fsp3) is 0.517. The average Bonchev–Trinajstić information content (AvgIpc) is 3.25. The van der Waals surface area contributed by atoms with E-state index in [4.69, 9.17) is 4.98 Å². The number of imidazole rings is 1. The molecule has 1 amide bonds. The standard InChI is InChI=1S/C29H39N5O/c1-4-34-27-14-8-6-12-25(27)30-28(34)21-31-15-9-10-23(20-31)29(35)33-18-16-32(17-19-33)26-13-7-5-11-24(26)22(2)3/h5-8,11-14,22-23H,4,9-10,15-21H2,1-3H3/t23-/m1/s1. The van der Waals surface area contributed by atoms with Crippen LogP contribution in [-0.4, -0.2) is 64.5 Å². The molecule has 35 heavy (non-hydrogen) atoms. The summed E-state index contributed by atoms with van der Waals surface area (Å²) in [6.45, 7) is 13.7. The van der Waals surface area contributed by atoms with Crippen LogP contribution in [0.5, 0.6) is 0 Å². The number of piperazine rings is 1. The van der Waals surface area contributed by atoms with Crippen molar-refractivity contribution in [3.8, 4) is 0 Å². The van der Waals surface area contributed by atoms with Gasteiger partial charge in [0.05, 0.1) is 23.5 Å². The van der Waals surface area contributed by atoms with Gasteiger partial charge in [-0.3, -0.25) is 9.69 Å². The fourth-order valence-electron chi connectivity index (χ4n) is 5.89. The monoisotopic (exact) mass is 473 g/mol. The maximum atomic E-state index is 13.5. The van der Waals surface area contributed by atoms with Crippen molar-refractivity contribution in [2.24, 2.45) is 5.92 Å². The van der Waals surface area contributed by atoms with Crippen molar-refractivity contribution in [2.45, 2.75) is 52.6 Å². The number of likely N-dealkylation sites (tertiary alicyclic amines) is 1. The molecular weight excluding hydrogens is 434 g/mol. The largest absolute Gasteiger partial charge is 0.368 e. The van der Waals surface area contributed by atoms with Gasteiger partial charge in [-0.2, -0.15) is 0 Å². The second-order valence-corrected chi connectivity index (χ2v) is 10.4. The summed E-state index contributed by atoms with van der Waals surface area (Å²) < 4.78 is 2.31. The van der Waals surface area contributed by atoms with E-state index in [1.165, 1.54) is 16.8 Å². The molecule has 0 unspecified atom stereocenters. The number of benzene rings is 2. The van der Waals surface area contributed by atoms with Crippen molar-refractivity contribution in [2.75, 3.05) is 44.2 Å². The quantitative estimate of drug-likeness (QED) is 0.519. The summed E-state index contributed by atoms with van der Waals surface area (Å²) in [7, 11) is 0. The molecule has 2 fully saturated rings. The van der Waals surface area contributed by atoms with Crippen LogP contribution in [0.1, 0.15) is 50.9 Å². The number of nitrogens with zero attached hydrogens (tertiary/aromatic N) is 5. The van der Waals surface area contributed by atoms with Gasteiger partial charge >= 0.3 is 0 Å². The number of aryl methyl sites for hydroxylation is 1. The highest BCUT2D eigenvalue weighted by atomic mass is 16.2. The molecule has 6 nitrogen and oxygen atoms in total. The maximum Gasteiger partial charge on any atom is 0.227 e. The number of anilines is 1. The van der Waals surface area contributed by atoms with Crippen LogP contribution < -0.4 is 4.90 Å². The highest BCUT2D eigenvalue weighted by Gasteiger charge is 2.32. The normalized spacial score (nSPS) is 19.6. The van der Waals surface area contributed by atoms with Gasteiger partial charge < -0.3 is 14.4 Å². The minimum absolute atomic E-state index is 0.0951. The van der Waals surface area contributed by atoms with Crippen LogP contribution in [0.4, 0.5) is 5.69 Å². The van der Waals surface area contributed by atoms with Crippen molar-refractivity contribution in [3.63, 3.8) is 0 Å². The smallest absolute Gasteiger partial charge is 0.227 e. The Hall–Kier alpha value is -2.86. The number of para-hydroxylation sites is 3. The van der Waals surface area contributed by atoms with Gasteiger partial charge in [-0.1, -0.05) is 44.2 Å². The third-order valence-corrected chi connectivity index (χ3v) is 7.76. The van der Waals surface area contributed by atoms with Crippen LogP contribution in [-0.2, 0) is 17.9 Å². The molecule has 3 heterocycles. The number of hydrogen-bond acceptors (Lipinski definition) is 4. The van der Waals surface area contributed by atoms with E-state index in [0.717, 1.165) is 76.5 Å². The number of aromatic nitrogens is 2. The molecule has 3 aromatic rings. The number of hydrogen-bond donors (Lipinski definition) is 0. The van der Waals surface area contributed by atoms with Crippen LogP contribution in [0.2, 0.25) is 0 Å². The molecule has 5 rings (SSSR count). The molecular formula is C29H39N5O. The van der Waals surface area contributed by atoms with Crippen molar-refractivity contribution in [3.05, 3.63) is 59.9 Å². The third kappa shape index (κ3) is 4.94. The molecule has 0 N–H and O–H groups in total. The minimum Gasteiger partial charge on any atom is -0.368 e. The van der Waals surface area contributed by atoms with Crippen molar-refractivity contribution < 1.29 is 4.79 Å². The van der Waals surface area contributed by atoms with Crippen LogP contribution in [0.3, 0.4) is 0 Å². The molecule has 2 aromatic carbocycles. The molecule has 1 aromatic heterocycles. The van der Waals surface area contributed by atoms with E-state index in [-0.39, 0.29) is 5.92 Å². The lowest BCUT2D eigenvalue weighted by Crippen LogP contribution is -2.52. The summed E-state index contributed by atoms with van der Waals surface area (Å²) in [4.78, 5) is 25.4. The van der Waals surface area contributed by atoms with Crippen LogP contribution in [0.15, 0.2) is 48.5 Å². The van der Waals surface area contributed by atoms with Gasteiger partial charge in [-0.05, 0) is 56.0 Å². The second-order valence-electron chi connectivity index (χ2n) is 10.4. The predicted octanol–water partition coefficient (Wildman–Crippen LogP) is 4.74. The molecule has 0 spiro atoms. The van der Waals surface area contributed by atoms with Gasteiger partial charge in [0, 0.05) is 45.0 Å². The molecule has 2 aliphatic rings. The van der Waals surface area contributed by atoms with Gasteiger partial charge in [0.15, 0.2) is 0 Å². The Morgan fingerprint density at radius 1 is 1.00 bits per heavy atom. The molecule has 2 aliphatic heterocycles. The second kappa shape index (κ2) is 10.4. The van der Waals surface area contributed by atoms with Crippen molar-refractivity contribution in [1.82, 2.24) is 19.4 Å².